The van der Waals surface area contributed by atoms with E-state index < -0.39 is 5.92 Å². The molecule has 0 unspecified atom stereocenters. The quantitative estimate of drug-likeness (QED) is 0.470. The molecule has 0 spiro atoms. The molecule has 0 bridgehead atoms. The van der Waals surface area contributed by atoms with Crippen LogP contribution in [0.2, 0.25) is 0 Å². The number of amides is 1. The highest BCUT2D eigenvalue weighted by Crippen LogP contribution is 2.42. The number of benzene rings is 2. The summed E-state index contributed by atoms with van der Waals surface area (Å²) < 4.78 is 29.7. The summed E-state index contributed by atoms with van der Waals surface area (Å²) in [7, 11) is 0. The molecular formula is C25H18F2N4O. The first-order chi connectivity index (χ1) is 15.4. The third-order valence-electron chi connectivity index (χ3n) is 5.57. The maximum absolute atomic E-state index is 14.0. The molecule has 0 fully saturated rings. The van der Waals surface area contributed by atoms with Crippen LogP contribution < -0.4 is 5.32 Å². The molecule has 2 aromatic heterocycles. The van der Waals surface area contributed by atoms with Gasteiger partial charge >= 0.3 is 0 Å². The first kappa shape index (κ1) is 19.9. The second kappa shape index (κ2) is 7.57. The van der Waals surface area contributed by atoms with Gasteiger partial charge in [-0.05, 0) is 66.8 Å². The number of carbonyl (C=O) groups excluding carboxylic acids is 1. The van der Waals surface area contributed by atoms with Crippen molar-refractivity contribution in [2.45, 2.75) is 25.7 Å². The molecule has 2 heterocycles. The Bertz CT molecular complexity index is 1430. The Balaban J connectivity index is 1.40. The zero-order chi connectivity index (χ0) is 22.3. The van der Waals surface area contributed by atoms with Crippen LogP contribution in [0.15, 0.2) is 60.9 Å². The minimum Gasteiger partial charge on any atom is -0.322 e. The number of alkyl halides is 2. The number of anilines is 1. The zero-order valence-electron chi connectivity index (χ0n) is 17.2. The summed E-state index contributed by atoms with van der Waals surface area (Å²) in [4.78, 5) is 17.0. The van der Waals surface area contributed by atoms with E-state index in [1.807, 2.05) is 19.1 Å². The minimum atomic E-state index is -2.85. The molecule has 0 saturated carbocycles. The predicted octanol–water partition coefficient (Wildman–Crippen LogP) is 4.73. The van der Waals surface area contributed by atoms with Crippen molar-refractivity contribution in [1.82, 2.24) is 14.6 Å². The number of rotatable bonds is 2. The lowest BCUT2D eigenvalue weighted by atomic mass is 10.0. The molecule has 1 N–H and O–H groups in total. The standard InChI is InChI=1S/C25H18F2N4O/c1-16-4-5-19(13-18(16)7-9-21-15-28-23-3-2-12-29-31(21)23)24(32)30-20-8-6-17-10-11-25(26,27)22(17)14-20/h2-6,8,12-15H,10-11H2,1H3,(H,30,32). The van der Waals surface area contributed by atoms with Gasteiger partial charge in [0.25, 0.3) is 11.8 Å². The van der Waals surface area contributed by atoms with Crippen LogP contribution in [0.3, 0.4) is 0 Å². The van der Waals surface area contributed by atoms with Crippen LogP contribution in [-0.4, -0.2) is 20.5 Å². The summed E-state index contributed by atoms with van der Waals surface area (Å²) in [5, 5.41) is 6.96. The molecule has 1 amide bonds. The average Bonchev–Trinajstić information content (AvgIpc) is 3.33. The first-order valence-electron chi connectivity index (χ1n) is 10.1. The topological polar surface area (TPSA) is 59.3 Å². The van der Waals surface area contributed by atoms with E-state index in [2.05, 4.69) is 27.2 Å². The van der Waals surface area contributed by atoms with Crippen molar-refractivity contribution in [2.75, 3.05) is 5.32 Å². The second-order valence-electron chi connectivity index (χ2n) is 7.75. The number of imidazole rings is 1. The normalized spacial score (nSPS) is 14.0. The van der Waals surface area contributed by atoms with Gasteiger partial charge in [-0.15, -0.1) is 0 Å². The van der Waals surface area contributed by atoms with Gasteiger partial charge in [-0.3, -0.25) is 4.79 Å². The summed E-state index contributed by atoms with van der Waals surface area (Å²) in [6.45, 7) is 1.90. The molecule has 1 aliphatic carbocycles. The minimum absolute atomic E-state index is 0.00703. The van der Waals surface area contributed by atoms with Crippen molar-refractivity contribution in [3.63, 3.8) is 0 Å². The van der Waals surface area contributed by atoms with Crippen LogP contribution in [0.4, 0.5) is 14.5 Å². The van der Waals surface area contributed by atoms with Crippen LogP contribution >= 0.6 is 0 Å². The number of hydrogen-bond acceptors (Lipinski definition) is 3. The second-order valence-corrected chi connectivity index (χ2v) is 7.75. The molecular weight excluding hydrogens is 410 g/mol. The van der Waals surface area contributed by atoms with Crippen molar-refractivity contribution in [3.8, 4) is 11.8 Å². The average molecular weight is 428 g/mol. The van der Waals surface area contributed by atoms with E-state index in [0.29, 0.717) is 40.1 Å². The Morgan fingerprint density at radius 2 is 2.03 bits per heavy atom. The van der Waals surface area contributed by atoms with Gasteiger partial charge in [0.2, 0.25) is 0 Å². The van der Waals surface area contributed by atoms with Crippen LogP contribution in [-0.2, 0) is 12.3 Å². The third-order valence-corrected chi connectivity index (χ3v) is 5.57. The van der Waals surface area contributed by atoms with Crippen molar-refractivity contribution in [3.05, 3.63) is 94.4 Å². The number of aromatic nitrogens is 3. The van der Waals surface area contributed by atoms with E-state index in [-0.39, 0.29) is 17.9 Å². The Morgan fingerprint density at radius 3 is 2.91 bits per heavy atom. The van der Waals surface area contributed by atoms with Gasteiger partial charge < -0.3 is 5.32 Å². The lowest BCUT2D eigenvalue weighted by Gasteiger charge is -2.12. The number of fused-ring (bicyclic) bond motifs is 2. The maximum atomic E-state index is 14.0. The number of nitrogens with one attached hydrogen (secondary N) is 1. The summed E-state index contributed by atoms with van der Waals surface area (Å²) >= 11 is 0. The molecule has 0 aliphatic heterocycles. The fraction of sp³-hybridized carbons (Fsp3) is 0.160. The summed E-state index contributed by atoms with van der Waals surface area (Å²) in [6, 6.07) is 13.5. The van der Waals surface area contributed by atoms with Crippen molar-refractivity contribution in [2.24, 2.45) is 0 Å². The van der Waals surface area contributed by atoms with Gasteiger partial charge in [-0.1, -0.05) is 18.1 Å². The Kier molecular flexibility index (Phi) is 4.71. The molecule has 158 valence electrons. The maximum Gasteiger partial charge on any atom is 0.273 e. The van der Waals surface area contributed by atoms with Gasteiger partial charge in [-0.25, -0.2) is 18.3 Å². The number of carbonyl (C=O) groups is 1. The highest BCUT2D eigenvalue weighted by Gasteiger charge is 2.39. The number of halogens is 2. The monoisotopic (exact) mass is 428 g/mol. The molecule has 7 heteroatoms. The predicted molar refractivity (Wildman–Crippen MR) is 117 cm³/mol. The molecule has 5 rings (SSSR count). The van der Waals surface area contributed by atoms with Crippen LogP contribution in [0.5, 0.6) is 0 Å². The molecule has 0 atom stereocenters. The SMILES string of the molecule is Cc1ccc(C(=O)Nc2ccc3c(c2)C(F)(F)CC3)cc1C#Cc1cnc2cccnn12. The third kappa shape index (κ3) is 3.60. The fourth-order valence-electron chi connectivity index (χ4n) is 3.79. The van der Waals surface area contributed by atoms with E-state index in [0.717, 1.165) is 5.56 Å². The number of hydrogen-bond donors (Lipinski definition) is 1. The Morgan fingerprint density at radius 1 is 1.16 bits per heavy atom. The number of aryl methyl sites for hydroxylation is 2. The first-order valence-corrected chi connectivity index (χ1v) is 10.1. The zero-order valence-corrected chi connectivity index (χ0v) is 17.2. The highest BCUT2D eigenvalue weighted by molar-refractivity contribution is 6.04. The molecule has 5 nitrogen and oxygen atoms in total. The molecule has 32 heavy (non-hydrogen) atoms. The lowest BCUT2D eigenvalue weighted by molar-refractivity contribution is -0.00181. The highest BCUT2D eigenvalue weighted by atomic mass is 19.3. The Hall–Kier alpha value is -4.05. The summed E-state index contributed by atoms with van der Waals surface area (Å²) in [5.41, 5.74) is 4.28. The Labute approximate surface area is 183 Å². The molecule has 0 saturated heterocycles. The van der Waals surface area contributed by atoms with Crippen LogP contribution in [0.1, 0.15) is 44.7 Å². The van der Waals surface area contributed by atoms with Crippen molar-refractivity contribution in [1.29, 1.82) is 0 Å². The van der Waals surface area contributed by atoms with Crippen LogP contribution in [0, 0.1) is 18.8 Å². The van der Waals surface area contributed by atoms with Gasteiger partial charge in [-0.2, -0.15) is 5.10 Å². The van der Waals surface area contributed by atoms with E-state index in [4.69, 9.17) is 0 Å². The fourth-order valence-corrected chi connectivity index (χ4v) is 3.79. The van der Waals surface area contributed by atoms with Crippen LogP contribution in [0.25, 0.3) is 5.65 Å². The largest absolute Gasteiger partial charge is 0.322 e. The van der Waals surface area contributed by atoms with Crippen molar-refractivity contribution >= 4 is 17.2 Å². The van der Waals surface area contributed by atoms with E-state index >= 15 is 0 Å². The number of nitrogens with zero attached hydrogens (tertiary/aromatic N) is 3. The van der Waals surface area contributed by atoms with Crippen molar-refractivity contribution < 1.29 is 13.6 Å². The van der Waals surface area contributed by atoms with E-state index in [9.17, 15) is 13.6 Å². The summed E-state index contributed by atoms with van der Waals surface area (Å²) in [6.07, 6.45) is 3.45. The van der Waals surface area contributed by atoms with Gasteiger partial charge in [0, 0.05) is 35.0 Å². The molecule has 4 aromatic rings. The van der Waals surface area contributed by atoms with E-state index in [1.54, 1.807) is 47.2 Å². The summed E-state index contributed by atoms with van der Waals surface area (Å²) in [5.74, 6) is 2.90. The van der Waals surface area contributed by atoms with E-state index in [1.165, 1.54) is 6.07 Å². The smallest absolute Gasteiger partial charge is 0.273 e. The lowest BCUT2D eigenvalue weighted by Crippen LogP contribution is -2.14. The molecule has 1 aliphatic rings. The van der Waals surface area contributed by atoms with Gasteiger partial charge in [0.1, 0.15) is 5.69 Å². The van der Waals surface area contributed by atoms with Gasteiger partial charge in [0.05, 0.1) is 6.20 Å². The van der Waals surface area contributed by atoms with Gasteiger partial charge in [0.15, 0.2) is 5.65 Å². The molecule has 2 aromatic carbocycles. The molecule has 0 radical (unpaired) electrons.